The predicted octanol–water partition coefficient (Wildman–Crippen LogP) is 4.80. The largest absolute Gasteiger partial charge is 0.497 e. The molecule has 3 aromatic rings. The second-order valence-electron chi connectivity index (χ2n) is 6.26. The SMILES string of the molecule is CCCCc1oc2ccc(C(=O)OC)cc2c1C(=O)c1ccc(OC)cc1. The van der Waals surface area contributed by atoms with Crippen LogP contribution in [0.2, 0.25) is 0 Å². The van der Waals surface area contributed by atoms with E-state index >= 15 is 0 Å². The second kappa shape index (κ2) is 8.08. The summed E-state index contributed by atoms with van der Waals surface area (Å²) in [5, 5.41) is 0.629. The maximum absolute atomic E-state index is 13.2. The Hall–Kier alpha value is -3.08. The highest BCUT2D eigenvalue weighted by Gasteiger charge is 2.23. The summed E-state index contributed by atoms with van der Waals surface area (Å²) in [7, 11) is 2.91. The molecule has 5 heteroatoms. The first-order valence-corrected chi connectivity index (χ1v) is 8.91. The van der Waals surface area contributed by atoms with Gasteiger partial charge >= 0.3 is 5.97 Å². The van der Waals surface area contributed by atoms with Crippen LogP contribution in [0, 0.1) is 0 Å². The number of aryl methyl sites for hydroxylation is 1. The predicted molar refractivity (Wildman–Crippen MR) is 103 cm³/mol. The van der Waals surface area contributed by atoms with Crippen LogP contribution < -0.4 is 4.74 Å². The van der Waals surface area contributed by atoms with Gasteiger partial charge in [0.1, 0.15) is 17.1 Å². The van der Waals surface area contributed by atoms with Crippen molar-refractivity contribution in [3.8, 4) is 5.75 Å². The minimum absolute atomic E-state index is 0.135. The van der Waals surface area contributed by atoms with Crippen molar-refractivity contribution in [2.75, 3.05) is 14.2 Å². The molecule has 2 aromatic carbocycles. The molecule has 0 atom stereocenters. The van der Waals surface area contributed by atoms with Gasteiger partial charge in [-0.25, -0.2) is 4.79 Å². The third-order valence-corrected chi connectivity index (χ3v) is 4.52. The van der Waals surface area contributed by atoms with Crippen LogP contribution in [0.1, 0.15) is 51.8 Å². The fourth-order valence-corrected chi connectivity index (χ4v) is 3.04. The zero-order valence-electron chi connectivity index (χ0n) is 15.7. The molecule has 0 radical (unpaired) electrons. The zero-order valence-corrected chi connectivity index (χ0v) is 15.7. The first kappa shape index (κ1) is 18.7. The summed E-state index contributed by atoms with van der Waals surface area (Å²) in [6, 6.07) is 12.0. The lowest BCUT2D eigenvalue weighted by molar-refractivity contribution is 0.0600. The third-order valence-electron chi connectivity index (χ3n) is 4.52. The second-order valence-corrected chi connectivity index (χ2v) is 6.26. The third kappa shape index (κ3) is 3.72. The molecule has 0 spiro atoms. The maximum Gasteiger partial charge on any atom is 0.337 e. The molecule has 140 valence electrons. The van der Waals surface area contributed by atoms with Gasteiger partial charge in [-0.1, -0.05) is 13.3 Å². The Morgan fingerprint density at radius 3 is 2.33 bits per heavy atom. The molecule has 0 fully saturated rings. The van der Waals surface area contributed by atoms with Crippen molar-refractivity contribution in [2.45, 2.75) is 26.2 Å². The Morgan fingerprint density at radius 2 is 1.70 bits per heavy atom. The van der Waals surface area contributed by atoms with E-state index in [2.05, 4.69) is 6.92 Å². The van der Waals surface area contributed by atoms with Gasteiger partial charge in [-0.15, -0.1) is 0 Å². The van der Waals surface area contributed by atoms with E-state index in [0.29, 0.717) is 45.6 Å². The molecule has 0 saturated heterocycles. The van der Waals surface area contributed by atoms with Crippen molar-refractivity contribution < 1.29 is 23.5 Å². The number of hydrogen-bond acceptors (Lipinski definition) is 5. The van der Waals surface area contributed by atoms with Gasteiger partial charge in [0.2, 0.25) is 0 Å². The number of rotatable bonds is 7. The number of carbonyl (C=O) groups excluding carboxylic acids is 2. The normalized spacial score (nSPS) is 10.8. The molecule has 3 rings (SSSR count). The van der Waals surface area contributed by atoms with Crippen LogP contribution in [0.4, 0.5) is 0 Å². The Bertz CT molecular complexity index is 966. The lowest BCUT2D eigenvalue weighted by Crippen LogP contribution is -2.05. The first-order valence-electron chi connectivity index (χ1n) is 8.91. The van der Waals surface area contributed by atoms with Crippen LogP contribution >= 0.6 is 0 Å². The lowest BCUT2D eigenvalue weighted by Gasteiger charge is -2.05. The van der Waals surface area contributed by atoms with Crippen molar-refractivity contribution in [1.82, 2.24) is 0 Å². The van der Waals surface area contributed by atoms with Crippen LogP contribution in [0.5, 0.6) is 5.75 Å². The highest BCUT2D eigenvalue weighted by atomic mass is 16.5. The van der Waals surface area contributed by atoms with E-state index in [-0.39, 0.29) is 5.78 Å². The number of furan rings is 1. The first-order chi connectivity index (χ1) is 13.1. The number of fused-ring (bicyclic) bond motifs is 1. The van der Waals surface area contributed by atoms with Crippen molar-refractivity contribution in [2.24, 2.45) is 0 Å². The molecule has 1 aromatic heterocycles. The van der Waals surface area contributed by atoms with E-state index in [1.165, 1.54) is 7.11 Å². The van der Waals surface area contributed by atoms with E-state index in [9.17, 15) is 9.59 Å². The Kier molecular flexibility index (Phi) is 5.60. The lowest BCUT2D eigenvalue weighted by atomic mass is 9.97. The molecule has 0 N–H and O–H groups in total. The number of benzene rings is 2. The highest BCUT2D eigenvalue weighted by molar-refractivity contribution is 6.17. The van der Waals surface area contributed by atoms with Gasteiger partial charge in [0.05, 0.1) is 25.3 Å². The molecule has 5 nitrogen and oxygen atoms in total. The van der Waals surface area contributed by atoms with Crippen LogP contribution in [-0.2, 0) is 11.2 Å². The minimum atomic E-state index is -0.448. The minimum Gasteiger partial charge on any atom is -0.497 e. The van der Waals surface area contributed by atoms with Crippen LogP contribution in [0.3, 0.4) is 0 Å². The fraction of sp³-hybridized carbons (Fsp3) is 0.273. The van der Waals surface area contributed by atoms with Gasteiger partial charge in [0.15, 0.2) is 5.78 Å². The maximum atomic E-state index is 13.2. The summed E-state index contributed by atoms with van der Waals surface area (Å²) in [5.74, 6) is 0.748. The Morgan fingerprint density at radius 1 is 1.00 bits per heavy atom. The molecule has 0 aliphatic carbocycles. The van der Waals surface area contributed by atoms with E-state index in [0.717, 1.165) is 12.8 Å². The Labute approximate surface area is 157 Å². The molecule has 27 heavy (non-hydrogen) atoms. The number of hydrogen-bond donors (Lipinski definition) is 0. The van der Waals surface area contributed by atoms with Gasteiger partial charge in [-0.2, -0.15) is 0 Å². The number of esters is 1. The fourth-order valence-electron chi connectivity index (χ4n) is 3.04. The zero-order chi connectivity index (χ0) is 19.4. The molecular formula is C22H22O5. The summed E-state index contributed by atoms with van der Waals surface area (Å²) in [4.78, 5) is 25.1. The molecule has 0 amide bonds. The molecule has 0 unspecified atom stereocenters. The number of methoxy groups -OCH3 is 2. The molecular weight excluding hydrogens is 344 g/mol. The standard InChI is InChI=1S/C22H22O5/c1-4-5-6-19-20(21(23)14-7-10-16(25-2)11-8-14)17-13-15(22(24)26-3)9-12-18(17)27-19/h7-13H,4-6H2,1-3H3. The van der Waals surface area contributed by atoms with Crippen LogP contribution in [-0.4, -0.2) is 26.0 Å². The summed E-state index contributed by atoms with van der Waals surface area (Å²) in [6.45, 7) is 2.09. The molecule has 0 saturated carbocycles. The van der Waals surface area contributed by atoms with Crippen molar-refractivity contribution in [3.63, 3.8) is 0 Å². The monoisotopic (exact) mass is 366 g/mol. The highest BCUT2D eigenvalue weighted by Crippen LogP contribution is 2.31. The topological polar surface area (TPSA) is 65.7 Å². The number of unbranched alkanes of at least 4 members (excludes halogenated alkanes) is 1. The van der Waals surface area contributed by atoms with E-state index < -0.39 is 5.97 Å². The van der Waals surface area contributed by atoms with Gasteiger partial charge in [-0.3, -0.25) is 4.79 Å². The average Bonchev–Trinajstić information content (AvgIpc) is 3.08. The number of carbonyl (C=O) groups is 2. The summed E-state index contributed by atoms with van der Waals surface area (Å²) in [5.41, 5.74) is 2.02. The summed E-state index contributed by atoms with van der Waals surface area (Å²) >= 11 is 0. The Balaban J connectivity index is 2.13. The van der Waals surface area contributed by atoms with E-state index in [1.54, 1.807) is 49.6 Å². The number of ether oxygens (including phenoxy) is 2. The van der Waals surface area contributed by atoms with Crippen molar-refractivity contribution in [1.29, 1.82) is 0 Å². The van der Waals surface area contributed by atoms with E-state index in [1.807, 2.05) is 0 Å². The van der Waals surface area contributed by atoms with Crippen molar-refractivity contribution >= 4 is 22.7 Å². The van der Waals surface area contributed by atoms with Gasteiger partial charge in [0.25, 0.3) is 0 Å². The molecule has 0 aliphatic rings. The summed E-state index contributed by atoms with van der Waals surface area (Å²) in [6.07, 6.45) is 2.56. The van der Waals surface area contributed by atoms with E-state index in [4.69, 9.17) is 13.9 Å². The smallest absolute Gasteiger partial charge is 0.337 e. The van der Waals surface area contributed by atoms with Gasteiger partial charge < -0.3 is 13.9 Å². The molecule has 1 heterocycles. The van der Waals surface area contributed by atoms with Crippen molar-refractivity contribution in [3.05, 3.63) is 64.9 Å². The summed E-state index contributed by atoms with van der Waals surface area (Å²) < 4.78 is 15.9. The quantitative estimate of drug-likeness (QED) is 0.444. The number of ketones is 1. The molecule has 0 aliphatic heterocycles. The average molecular weight is 366 g/mol. The van der Waals surface area contributed by atoms with Gasteiger partial charge in [0, 0.05) is 17.4 Å². The van der Waals surface area contributed by atoms with Gasteiger partial charge in [-0.05, 0) is 48.9 Å². The molecule has 0 bridgehead atoms. The van der Waals surface area contributed by atoms with Crippen LogP contribution in [0.25, 0.3) is 11.0 Å². The van der Waals surface area contributed by atoms with Crippen LogP contribution in [0.15, 0.2) is 46.9 Å².